The number of aliphatic carboxylic acids is 1. The standard InChI is InChI=1S/C17H20FNO4/c1-10-5-12(6-11(2)14(10)18)15(20)19-7-13-8-23-4-3-17(13,9-19)16(21)22/h5-6,13H,3-4,7-9H2,1-2H3,(H,21,22)/t13-,17+/m0/s1. The van der Waals surface area contributed by atoms with E-state index in [1.807, 2.05) is 0 Å². The smallest absolute Gasteiger partial charge is 0.311 e. The molecular weight excluding hydrogens is 301 g/mol. The van der Waals surface area contributed by atoms with Gasteiger partial charge in [0.2, 0.25) is 0 Å². The third kappa shape index (κ3) is 2.51. The van der Waals surface area contributed by atoms with Gasteiger partial charge in [-0.1, -0.05) is 0 Å². The maximum Gasteiger partial charge on any atom is 0.311 e. The molecule has 2 heterocycles. The van der Waals surface area contributed by atoms with Crippen LogP contribution < -0.4 is 0 Å². The van der Waals surface area contributed by atoms with E-state index < -0.39 is 11.4 Å². The molecule has 0 saturated carbocycles. The molecule has 2 aliphatic rings. The normalized spacial score (nSPS) is 26.9. The summed E-state index contributed by atoms with van der Waals surface area (Å²) in [6.45, 7) is 4.55. The molecule has 6 heteroatoms. The van der Waals surface area contributed by atoms with Crippen LogP contribution in [0, 0.1) is 31.0 Å². The second-order valence-corrected chi connectivity index (χ2v) is 6.59. The Morgan fingerprint density at radius 3 is 2.57 bits per heavy atom. The van der Waals surface area contributed by atoms with E-state index in [9.17, 15) is 19.1 Å². The number of benzene rings is 1. The summed E-state index contributed by atoms with van der Waals surface area (Å²) in [6, 6.07) is 3.05. The molecule has 23 heavy (non-hydrogen) atoms. The Hall–Kier alpha value is -1.95. The van der Waals surface area contributed by atoms with Gasteiger partial charge < -0.3 is 14.7 Å². The van der Waals surface area contributed by atoms with Crippen molar-refractivity contribution in [2.75, 3.05) is 26.3 Å². The zero-order valence-electron chi connectivity index (χ0n) is 13.3. The molecule has 124 valence electrons. The van der Waals surface area contributed by atoms with Crippen molar-refractivity contribution in [3.05, 3.63) is 34.6 Å². The van der Waals surface area contributed by atoms with Gasteiger partial charge in [-0.3, -0.25) is 9.59 Å². The lowest BCUT2D eigenvalue weighted by Gasteiger charge is -2.33. The number of halogens is 1. The number of carboxylic acids is 1. The number of ether oxygens (including phenoxy) is 1. The molecule has 1 aromatic carbocycles. The van der Waals surface area contributed by atoms with Crippen molar-refractivity contribution in [2.24, 2.45) is 11.3 Å². The van der Waals surface area contributed by atoms with Gasteiger partial charge in [-0.2, -0.15) is 0 Å². The van der Waals surface area contributed by atoms with Crippen LogP contribution in [0.15, 0.2) is 12.1 Å². The number of carbonyl (C=O) groups excluding carboxylic acids is 1. The molecule has 0 bridgehead atoms. The molecular formula is C17H20FNO4. The van der Waals surface area contributed by atoms with Gasteiger partial charge in [0, 0.05) is 31.2 Å². The van der Waals surface area contributed by atoms with Crippen molar-refractivity contribution >= 4 is 11.9 Å². The summed E-state index contributed by atoms with van der Waals surface area (Å²) in [7, 11) is 0. The second kappa shape index (κ2) is 5.60. The number of fused-ring (bicyclic) bond motifs is 1. The molecule has 2 saturated heterocycles. The van der Waals surface area contributed by atoms with E-state index in [1.165, 1.54) is 12.1 Å². The Bertz CT molecular complexity index is 652. The first kappa shape index (κ1) is 15.9. The van der Waals surface area contributed by atoms with E-state index in [-0.39, 0.29) is 24.2 Å². The van der Waals surface area contributed by atoms with Gasteiger partial charge in [0.05, 0.1) is 12.0 Å². The van der Waals surface area contributed by atoms with Gasteiger partial charge in [-0.15, -0.1) is 0 Å². The summed E-state index contributed by atoms with van der Waals surface area (Å²) in [6.07, 6.45) is 0.415. The molecule has 1 aromatic rings. The lowest BCUT2D eigenvalue weighted by atomic mass is 9.74. The van der Waals surface area contributed by atoms with Crippen molar-refractivity contribution in [3.8, 4) is 0 Å². The monoisotopic (exact) mass is 321 g/mol. The van der Waals surface area contributed by atoms with Gasteiger partial charge in [0.15, 0.2) is 0 Å². The summed E-state index contributed by atoms with van der Waals surface area (Å²) in [5, 5.41) is 9.65. The highest BCUT2D eigenvalue weighted by Crippen LogP contribution is 2.42. The fraction of sp³-hybridized carbons (Fsp3) is 0.529. The molecule has 2 fully saturated rings. The molecule has 0 unspecified atom stereocenters. The lowest BCUT2D eigenvalue weighted by Crippen LogP contribution is -2.45. The zero-order chi connectivity index (χ0) is 16.8. The number of likely N-dealkylation sites (tertiary alicyclic amines) is 1. The van der Waals surface area contributed by atoms with Gasteiger partial charge in [-0.05, 0) is 43.5 Å². The average molecular weight is 321 g/mol. The predicted molar refractivity (Wildman–Crippen MR) is 80.8 cm³/mol. The first-order valence-corrected chi connectivity index (χ1v) is 7.72. The number of hydrogen-bond donors (Lipinski definition) is 1. The summed E-state index contributed by atoms with van der Waals surface area (Å²) < 4.78 is 19.1. The maximum atomic E-state index is 13.7. The van der Waals surface area contributed by atoms with Crippen LogP contribution in [0.4, 0.5) is 4.39 Å². The highest BCUT2D eigenvalue weighted by molar-refractivity contribution is 5.95. The number of rotatable bonds is 2. The Balaban J connectivity index is 1.88. The van der Waals surface area contributed by atoms with E-state index in [4.69, 9.17) is 4.74 Å². The molecule has 5 nitrogen and oxygen atoms in total. The first-order valence-electron chi connectivity index (χ1n) is 7.72. The minimum absolute atomic E-state index is 0.185. The van der Waals surface area contributed by atoms with Crippen molar-refractivity contribution in [3.63, 3.8) is 0 Å². The summed E-state index contributed by atoms with van der Waals surface area (Å²) in [5.41, 5.74) is 0.321. The van der Waals surface area contributed by atoms with Crippen LogP contribution in [0.25, 0.3) is 0 Å². The molecule has 0 spiro atoms. The third-order valence-corrected chi connectivity index (χ3v) is 5.10. The van der Waals surface area contributed by atoms with E-state index >= 15 is 0 Å². The Morgan fingerprint density at radius 2 is 2.00 bits per heavy atom. The van der Waals surface area contributed by atoms with E-state index in [2.05, 4.69) is 0 Å². The minimum atomic E-state index is -0.919. The highest BCUT2D eigenvalue weighted by atomic mass is 19.1. The van der Waals surface area contributed by atoms with Gasteiger partial charge >= 0.3 is 5.97 Å². The van der Waals surface area contributed by atoms with Crippen molar-refractivity contribution in [1.29, 1.82) is 0 Å². The lowest BCUT2D eigenvalue weighted by molar-refractivity contribution is -0.157. The maximum absolute atomic E-state index is 13.7. The molecule has 1 N–H and O–H groups in total. The molecule has 0 aromatic heterocycles. The predicted octanol–water partition coefficient (Wildman–Crippen LogP) is 2.01. The number of amides is 1. The van der Waals surface area contributed by atoms with Crippen molar-refractivity contribution in [2.45, 2.75) is 20.3 Å². The molecule has 0 radical (unpaired) electrons. The van der Waals surface area contributed by atoms with E-state index in [0.29, 0.717) is 42.9 Å². The quantitative estimate of drug-likeness (QED) is 0.905. The summed E-state index contributed by atoms with van der Waals surface area (Å²) >= 11 is 0. The second-order valence-electron chi connectivity index (χ2n) is 6.59. The zero-order valence-corrected chi connectivity index (χ0v) is 13.3. The SMILES string of the molecule is Cc1cc(C(=O)N2C[C@H]3COCC[C@@]3(C(=O)O)C2)cc(C)c1F. The number of hydrogen-bond acceptors (Lipinski definition) is 3. The number of aryl methyl sites for hydroxylation is 2. The number of carbonyl (C=O) groups is 2. The van der Waals surface area contributed by atoms with Gasteiger partial charge in [0.1, 0.15) is 5.82 Å². The van der Waals surface area contributed by atoms with Gasteiger partial charge in [0.25, 0.3) is 5.91 Å². The highest BCUT2D eigenvalue weighted by Gasteiger charge is 2.54. The Morgan fingerprint density at radius 1 is 1.35 bits per heavy atom. The number of nitrogens with zero attached hydrogens (tertiary/aromatic N) is 1. The Kier molecular flexibility index (Phi) is 3.88. The van der Waals surface area contributed by atoms with Crippen molar-refractivity contribution < 1.29 is 23.8 Å². The molecule has 1 amide bonds. The Labute approximate surface area is 134 Å². The fourth-order valence-corrected chi connectivity index (χ4v) is 3.71. The summed E-state index contributed by atoms with van der Waals surface area (Å²) in [4.78, 5) is 26.1. The van der Waals surface area contributed by atoms with Crippen LogP contribution in [0.2, 0.25) is 0 Å². The third-order valence-electron chi connectivity index (χ3n) is 5.10. The van der Waals surface area contributed by atoms with Crippen LogP contribution in [-0.4, -0.2) is 48.2 Å². The molecule has 0 aliphatic carbocycles. The minimum Gasteiger partial charge on any atom is -0.481 e. The van der Waals surface area contributed by atoms with Crippen LogP contribution in [0.1, 0.15) is 27.9 Å². The topological polar surface area (TPSA) is 66.8 Å². The number of carboxylic acid groups (broad SMARTS) is 1. The molecule has 2 aliphatic heterocycles. The first-order chi connectivity index (χ1) is 10.8. The van der Waals surface area contributed by atoms with Crippen LogP contribution in [0.3, 0.4) is 0 Å². The fourth-order valence-electron chi connectivity index (χ4n) is 3.71. The molecule has 3 rings (SSSR count). The van der Waals surface area contributed by atoms with E-state index in [0.717, 1.165) is 0 Å². The van der Waals surface area contributed by atoms with Gasteiger partial charge in [-0.25, -0.2) is 4.39 Å². The van der Waals surface area contributed by atoms with Crippen LogP contribution in [0.5, 0.6) is 0 Å². The van der Waals surface area contributed by atoms with Crippen LogP contribution >= 0.6 is 0 Å². The average Bonchev–Trinajstić information content (AvgIpc) is 2.92. The molecule has 2 atom stereocenters. The van der Waals surface area contributed by atoms with E-state index in [1.54, 1.807) is 18.7 Å². The van der Waals surface area contributed by atoms with Crippen LogP contribution in [-0.2, 0) is 9.53 Å². The van der Waals surface area contributed by atoms with Crippen molar-refractivity contribution in [1.82, 2.24) is 4.90 Å². The summed E-state index contributed by atoms with van der Waals surface area (Å²) in [5.74, 6) is -1.62. The largest absolute Gasteiger partial charge is 0.481 e.